The van der Waals surface area contributed by atoms with Gasteiger partial charge in [0.1, 0.15) is 5.75 Å². The van der Waals surface area contributed by atoms with E-state index in [2.05, 4.69) is 26.0 Å². The van der Waals surface area contributed by atoms with E-state index in [1.165, 1.54) is 23.5 Å². The third-order valence-corrected chi connectivity index (χ3v) is 6.68. The molecule has 0 fully saturated rings. The van der Waals surface area contributed by atoms with Gasteiger partial charge < -0.3 is 18.9 Å². The molecule has 1 amide bonds. The van der Waals surface area contributed by atoms with Gasteiger partial charge in [-0.15, -0.1) is 0 Å². The number of methoxy groups -OCH3 is 3. The monoisotopic (exact) mass is 583 g/mol. The SMILES string of the molecule is COc1cc(/C=N/N(C(=O)c2ccc(OC(C)C)cc2)c2nc3ccc(Br)cc3s2)cc(OC)c1OC. The third-order valence-electron chi connectivity index (χ3n) is 5.20. The summed E-state index contributed by atoms with van der Waals surface area (Å²) in [6.45, 7) is 3.90. The van der Waals surface area contributed by atoms with E-state index in [9.17, 15) is 4.79 Å². The van der Waals surface area contributed by atoms with Crippen LogP contribution in [-0.2, 0) is 0 Å². The van der Waals surface area contributed by atoms with Crippen molar-refractivity contribution >= 4 is 54.7 Å². The molecule has 3 aromatic carbocycles. The lowest BCUT2D eigenvalue weighted by molar-refractivity contribution is 0.0988. The highest BCUT2D eigenvalue weighted by atomic mass is 79.9. The Hall–Kier alpha value is -3.63. The molecule has 0 radical (unpaired) electrons. The number of thiazole rings is 1. The van der Waals surface area contributed by atoms with Gasteiger partial charge in [-0.1, -0.05) is 27.3 Å². The van der Waals surface area contributed by atoms with Gasteiger partial charge in [0.05, 0.1) is 43.9 Å². The largest absolute Gasteiger partial charge is 0.493 e. The first-order chi connectivity index (χ1) is 17.8. The van der Waals surface area contributed by atoms with Crippen LogP contribution in [0.5, 0.6) is 23.0 Å². The second-order valence-corrected chi connectivity index (χ2v) is 10.0. The normalized spacial score (nSPS) is 11.2. The Labute approximate surface area is 227 Å². The van der Waals surface area contributed by atoms with Crippen molar-refractivity contribution in [3.8, 4) is 23.0 Å². The van der Waals surface area contributed by atoms with E-state index in [0.29, 0.717) is 39.3 Å². The van der Waals surface area contributed by atoms with E-state index in [0.717, 1.165) is 14.7 Å². The van der Waals surface area contributed by atoms with Gasteiger partial charge in [-0.3, -0.25) is 4.79 Å². The highest BCUT2D eigenvalue weighted by Crippen LogP contribution is 2.38. The summed E-state index contributed by atoms with van der Waals surface area (Å²) < 4.78 is 23.8. The second kappa shape index (κ2) is 11.6. The molecule has 0 aliphatic carbocycles. The molecule has 4 aromatic rings. The molecule has 0 bridgehead atoms. The number of anilines is 1. The number of amides is 1. The maximum Gasteiger partial charge on any atom is 0.280 e. The van der Waals surface area contributed by atoms with Crippen LogP contribution in [0.25, 0.3) is 10.2 Å². The first-order valence-electron chi connectivity index (χ1n) is 11.3. The van der Waals surface area contributed by atoms with Gasteiger partial charge in [0.25, 0.3) is 5.91 Å². The number of carbonyl (C=O) groups excluding carboxylic acids is 1. The lowest BCUT2D eigenvalue weighted by atomic mass is 10.2. The van der Waals surface area contributed by atoms with Crippen molar-refractivity contribution < 1.29 is 23.7 Å². The Morgan fingerprint density at radius 3 is 2.27 bits per heavy atom. The lowest BCUT2D eigenvalue weighted by Gasteiger charge is -2.15. The number of aromatic nitrogens is 1. The molecule has 0 saturated carbocycles. The van der Waals surface area contributed by atoms with Crippen LogP contribution >= 0.6 is 27.3 Å². The Morgan fingerprint density at radius 1 is 1.00 bits per heavy atom. The van der Waals surface area contributed by atoms with Gasteiger partial charge >= 0.3 is 0 Å². The molecule has 4 rings (SSSR count). The van der Waals surface area contributed by atoms with Crippen molar-refractivity contribution in [2.75, 3.05) is 26.3 Å². The van der Waals surface area contributed by atoms with E-state index in [1.807, 2.05) is 32.0 Å². The van der Waals surface area contributed by atoms with Gasteiger partial charge in [0.2, 0.25) is 10.9 Å². The summed E-state index contributed by atoms with van der Waals surface area (Å²) in [5.74, 6) is 1.77. The molecule has 8 nitrogen and oxygen atoms in total. The predicted molar refractivity (Wildman–Crippen MR) is 150 cm³/mol. The standard InChI is InChI=1S/C27H26BrN3O5S/c1-16(2)36-20-9-6-18(7-10-20)26(32)31(27-30-21-11-8-19(28)14-24(21)37-27)29-15-17-12-22(33-3)25(35-5)23(13-17)34-4/h6-16H,1-5H3/b29-15+. The van der Waals surface area contributed by atoms with Gasteiger partial charge in [0.15, 0.2) is 11.5 Å². The fourth-order valence-corrected chi connectivity index (χ4v) is 5.01. The van der Waals surface area contributed by atoms with Crippen LogP contribution in [0, 0.1) is 0 Å². The van der Waals surface area contributed by atoms with Gasteiger partial charge in [-0.2, -0.15) is 10.1 Å². The second-order valence-electron chi connectivity index (χ2n) is 8.12. The van der Waals surface area contributed by atoms with Crippen LogP contribution in [0.1, 0.15) is 29.8 Å². The molecule has 0 saturated heterocycles. The smallest absolute Gasteiger partial charge is 0.280 e. The molecular formula is C27H26BrN3O5S. The lowest BCUT2D eigenvalue weighted by Crippen LogP contribution is -2.25. The number of rotatable bonds is 9. The summed E-state index contributed by atoms with van der Waals surface area (Å²) in [5, 5.41) is 6.27. The van der Waals surface area contributed by atoms with Crippen molar-refractivity contribution in [1.82, 2.24) is 4.98 Å². The summed E-state index contributed by atoms with van der Waals surface area (Å²) in [6, 6.07) is 16.2. The van der Waals surface area contributed by atoms with Crippen molar-refractivity contribution in [3.63, 3.8) is 0 Å². The molecule has 192 valence electrons. The number of hydrogen-bond donors (Lipinski definition) is 0. The fourth-order valence-electron chi connectivity index (χ4n) is 3.54. The van der Waals surface area contributed by atoms with Crippen LogP contribution in [0.15, 0.2) is 64.2 Å². The Bertz CT molecular complexity index is 1410. The van der Waals surface area contributed by atoms with E-state index in [1.54, 1.807) is 56.8 Å². The van der Waals surface area contributed by atoms with Crippen LogP contribution in [0.4, 0.5) is 5.13 Å². The van der Waals surface area contributed by atoms with Gasteiger partial charge in [-0.05, 0) is 68.4 Å². The summed E-state index contributed by atoms with van der Waals surface area (Å²) in [6.07, 6.45) is 1.59. The van der Waals surface area contributed by atoms with Crippen LogP contribution in [0.3, 0.4) is 0 Å². The number of hydrogen-bond acceptors (Lipinski definition) is 8. The van der Waals surface area contributed by atoms with Crippen LogP contribution in [-0.4, -0.2) is 44.5 Å². The quantitative estimate of drug-likeness (QED) is 0.164. The summed E-state index contributed by atoms with van der Waals surface area (Å²) in [5.41, 5.74) is 1.86. The van der Waals surface area contributed by atoms with Gasteiger partial charge in [0, 0.05) is 15.6 Å². The fraction of sp³-hybridized carbons (Fsp3) is 0.222. The van der Waals surface area contributed by atoms with Crippen LogP contribution in [0.2, 0.25) is 0 Å². The molecule has 0 spiro atoms. The molecule has 0 aliphatic heterocycles. The molecule has 10 heteroatoms. The number of ether oxygens (including phenoxy) is 4. The van der Waals surface area contributed by atoms with E-state index >= 15 is 0 Å². The van der Waals surface area contributed by atoms with Crippen molar-refractivity contribution in [3.05, 3.63) is 70.2 Å². The minimum absolute atomic E-state index is 0.0307. The number of halogens is 1. The van der Waals surface area contributed by atoms with E-state index < -0.39 is 0 Å². The van der Waals surface area contributed by atoms with E-state index in [-0.39, 0.29) is 12.0 Å². The maximum atomic E-state index is 13.6. The predicted octanol–water partition coefficient (Wildman–Crippen LogP) is 6.55. The van der Waals surface area contributed by atoms with Crippen molar-refractivity contribution in [2.45, 2.75) is 20.0 Å². The minimum atomic E-state index is -0.335. The zero-order valence-electron chi connectivity index (χ0n) is 21.0. The number of benzene rings is 3. The zero-order chi connectivity index (χ0) is 26.5. The molecule has 0 atom stereocenters. The maximum absolute atomic E-state index is 13.6. The molecule has 1 heterocycles. The first-order valence-corrected chi connectivity index (χ1v) is 12.9. The van der Waals surface area contributed by atoms with Gasteiger partial charge in [-0.25, -0.2) is 4.98 Å². The average molecular weight is 584 g/mol. The highest BCUT2D eigenvalue weighted by molar-refractivity contribution is 9.10. The molecule has 0 N–H and O–H groups in total. The molecule has 0 unspecified atom stereocenters. The van der Waals surface area contributed by atoms with Crippen molar-refractivity contribution in [2.24, 2.45) is 5.10 Å². The molecule has 1 aromatic heterocycles. The Kier molecular flexibility index (Phi) is 8.30. The molecule has 0 aliphatic rings. The molecular weight excluding hydrogens is 558 g/mol. The Morgan fingerprint density at radius 2 is 1.68 bits per heavy atom. The van der Waals surface area contributed by atoms with Crippen LogP contribution < -0.4 is 24.0 Å². The Balaban J connectivity index is 1.75. The first kappa shape index (κ1) is 26.4. The van der Waals surface area contributed by atoms with E-state index in [4.69, 9.17) is 18.9 Å². The topological polar surface area (TPSA) is 82.5 Å². The molecule has 37 heavy (non-hydrogen) atoms. The number of hydrazone groups is 1. The summed E-state index contributed by atoms with van der Waals surface area (Å²) in [4.78, 5) is 18.3. The number of fused-ring (bicyclic) bond motifs is 1. The average Bonchev–Trinajstić information content (AvgIpc) is 3.30. The summed E-state index contributed by atoms with van der Waals surface area (Å²) >= 11 is 4.86. The summed E-state index contributed by atoms with van der Waals surface area (Å²) in [7, 11) is 4.62. The third kappa shape index (κ3) is 6.03. The minimum Gasteiger partial charge on any atom is -0.493 e. The number of nitrogens with zero attached hydrogens (tertiary/aromatic N) is 3. The number of carbonyl (C=O) groups is 1. The zero-order valence-corrected chi connectivity index (χ0v) is 23.4. The highest BCUT2D eigenvalue weighted by Gasteiger charge is 2.22. The van der Waals surface area contributed by atoms with Crippen molar-refractivity contribution in [1.29, 1.82) is 0 Å².